The van der Waals surface area contributed by atoms with Gasteiger partial charge in [0.25, 0.3) is 0 Å². The van der Waals surface area contributed by atoms with Crippen LogP contribution >= 0.6 is 0 Å². The molecule has 0 aliphatic carbocycles. The van der Waals surface area contributed by atoms with Crippen molar-refractivity contribution < 1.29 is 9.53 Å². The van der Waals surface area contributed by atoms with Crippen molar-refractivity contribution in [3.63, 3.8) is 0 Å². The lowest BCUT2D eigenvalue weighted by atomic mass is 9.99. The highest BCUT2D eigenvalue weighted by Crippen LogP contribution is 2.24. The van der Waals surface area contributed by atoms with E-state index in [1.165, 1.54) is 7.11 Å². The molecule has 3 aromatic rings. The molecule has 0 bridgehead atoms. The zero-order chi connectivity index (χ0) is 16.2. The number of carbonyl (C=O) groups is 1. The van der Waals surface area contributed by atoms with Gasteiger partial charge in [-0.05, 0) is 29.3 Å². The summed E-state index contributed by atoms with van der Waals surface area (Å²) < 4.78 is 4.86. The number of fused-ring (bicyclic) bond motifs is 1. The average molecular weight is 309 g/mol. The van der Waals surface area contributed by atoms with E-state index in [1.807, 2.05) is 42.6 Å². The van der Waals surface area contributed by atoms with E-state index in [2.05, 4.69) is 22.2 Å². The van der Waals surface area contributed by atoms with Gasteiger partial charge >= 0.3 is 5.97 Å². The number of methoxy groups -OCH3 is 1. The van der Waals surface area contributed by atoms with E-state index in [0.29, 0.717) is 12.1 Å². The van der Waals surface area contributed by atoms with E-state index < -0.39 is 0 Å². The first-order valence-corrected chi connectivity index (χ1v) is 7.52. The molecular weight excluding hydrogens is 290 g/mol. The Morgan fingerprint density at radius 3 is 2.74 bits per heavy atom. The third-order valence-electron chi connectivity index (χ3n) is 3.95. The Labute approximate surface area is 134 Å². The molecule has 0 aliphatic rings. The van der Waals surface area contributed by atoms with Crippen molar-refractivity contribution in [2.24, 2.45) is 0 Å². The molecule has 5 nitrogen and oxygen atoms in total. The number of imidazole rings is 1. The Morgan fingerprint density at radius 1 is 1.26 bits per heavy atom. The Kier molecular flexibility index (Phi) is 4.39. The molecule has 0 spiro atoms. The minimum Gasteiger partial charge on any atom is -0.465 e. The molecule has 2 N–H and O–H groups in total. The van der Waals surface area contributed by atoms with Gasteiger partial charge in [-0.1, -0.05) is 30.3 Å². The number of hydrogen-bond donors (Lipinski definition) is 2. The maximum atomic E-state index is 11.9. The van der Waals surface area contributed by atoms with Gasteiger partial charge in [0.05, 0.1) is 18.7 Å². The molecular formula is C18H19N3O2. The summed E-state index contributed by atoms with van der Waals surface area (Å²) in [4.78, 5) is 19.3. The zero-order valence-electron chi connectivity index (χ0n) is 13.2. The van der Waals surface area contributed by atoms with E-state index in [0.717, 1.165) is 22.2 Å². The molecule has 2 aromatic carbocycles. The number of benzene rings is 2. The lowest BCUT2D eigenvalue weighted by Gasteiger charge is -2.14. The third kappa shape index (κ3) is 3.10. The van der Waals surface area contributed by atoms with Crippen LogP contribution in [0.1, 0.15) is 34.7 Å². The van der Waals surface area contributed by atoms with Gasteiger partial charge in [-0.3, -0.25) is 0 Å². The van der Waals surface area contributed by atoms with E-state index >= 15 is 0 Å². The highest BCUT2D eigenvalue weighted by Gasteiger charge is 2.13. The molecule has 0 saturated heterocycles. The maximum absolute atomic E-state index is 11.9. The van der Waals surface area contributed by atoms with Crippen molar-refractivity contribution in [3.05, 3.63) is 65.7 Å². The molecule has 3 rings (SSSR count). The standard InChI is InChI=1S/C18H19N3O2/c1-12(17-19-9-10-20-17)21-11-13-7-8-16(18(22)23-2)15-6-4-3-5-14(13)15/h3-10,12,21H,11H2,1-2H3,(H,19,20). The maximum Gasteiger partial charge on any atom is 0.338 e. The molecule has 0 amide bonds. The molecule has 0 saturated carbocycles. The summed E-state index contributed by atoms with van der Waals surface area (Å²) in [5, 5.41) is 5.40. The number of H-pyrrole nitrogens is 1. The third-order valence-corrected chi connectivity index (χ3v) is 3.95. The number of ether oxygens (including phenoxy) is 1. The van der Waals surface area contributed by atoms with E-state index in [9.17, 15) is 4.79 Å². The van der Waals surface area contributed by atoms with Crippen LogP contribution in [0.2, 0.25) is 0 Å². The van der Waals surface area contributed by atoms with Crippen LogP contribution in [0.5, 0.6) is 0 Å². The largest absolute Gasteiger partial charge is 0.465 e. The molecule has 0 fully saturated rings. The van der Waals surface area contributed by atoms with Gasteiger partial charge in [0.15, 0.2) is 0 Å². The second kappa shape index (κ2) is 6.62. The van der Waals surface area contributed by atoms with Gasteiger partial charge < -0.3 is 15.0 Å². The summed E-state index contributed by atoms with van der Waals surface area (Å²) in [7, 11) is 1.40. The van der Waals surface area contributed by atoms with Crippen LogP contribution in [0.15, 0.2) is 48.8 Å². The quantitative estimate of drug-likeness (QED) is 0.710. The number of esters is 1. The number of aromatic nitrogens is 2. The van der Waals surface area contributed by atoms with Crippen LogP contribution in [0.3, 0.4) is 0 Å². The van der Waals surface area contributed by atoms with Gasteiger partial charge in [0.2, 0.25) is 0 Å². The molecule has 0 radical (unpaired) electrons. The highest BCUT2D eigenvalue weighted by atomic mass is 16.5. The fraction of sp³-hybridized carbons (Fsp3) is 0.222. The van der Waals surface area contributed by atoms with Gasteiger partial charge in [-0.15, -0.1) is 0 Å². The number of carbonyl (C=O) groups excluding carboxylic acids is 1. The van der Waals surface area contributed by atoms with Crippen molar-refractivity contribution in [3.8, 4) is 0 Å². The first-order valence-electron chi connectivity index (χ1n) is 7.52. The smallest absolute Gasteiger partial charge is 0.338 e. The summed E-state index contributed by atoms with van der Waals surface area (Å²) in [5.41, 5.74) is 1.72. The van der Waals surface area contributed by atoms with Crippen molar-refractivity contribution in [2.45, 2.75) is 19.5 Å². The summed E-state index contributed by atoms with van der Waals surface area (Å²) >= 11 is 0. The number of rotatable bonds is 5. The summed E-state index contributed by atoms with van der Waals surface area (Å²) in [5.74, 6) is 0.588. The molecule has 1 aromatic heterocycles. The minimum absolute atomic E-state index is 0.115. The van der Waals surface area contributed by atoms with Gasteiger partial charge in [0, 0.05) is 18.9 Å². The Morgan fingerprint density at radius 2 is 2.04 bits per heavy atom. The van der Waals surface area contributed by atoms with E-state index in [1.54, 1.807) is 6.20 Å². The molecule has 1 heterocycles. The summed E-state index contributed by atoms with van der Waals surface area (Å²) in [6, 6.07) is 11.8. The van der Waals surface area contributed by atoms with Crippen molar-refractivity contribution in [1.82, 2.24) is 15.3 Å². The zero-order valence-corrected chi connectivity index (χ0v) is 13.2. The SMILES string of the molecule is COC(=O)c1ccc(CNC(C)c2ncc[nH]2)c2ccccc12. The fourth-order valence-corrected chi connectivity index (χ4v) is 2.68. The van der Waals surface area contributed by atoms with Crippen LogP contribution < -0.4 is 5.32 Å². The normalized spacial score (nSPS) is 12.3. The van der Waals surface area contributed by atoms with Crippen LogP contribution in [0, 0.1) is 0 Å². The van der Waals surface area contributed by atoms with Crippen LogP contribution in [-0.2, 0) is 11.3 Å². The predicted molar refractivity (Wildman–Crippen MR) is 89.1 cm³/mol. The summed E-state index contributed by atoms with van der Waals surface area (Å²) in [6.45, 7) is 2.74. The first kappa shape index (κ1) is 15.2. The summed E-state index contributed by atoms with van der Waals surface area (Å²) in [6.07, 6.45) is 3.56. The van der Waals surface area contributed by atoms with E-state index in [-0.39, 0.29) is 12.0 Å². The van der Waals surface area contributed by atoms with Gasteiger partial charge in [0.1, 0.15) is 5.82 Å². The van der Waals surface area contributed by atoms with E-state index in [4.69, 9.17) is 4.74 Å². The number of nitrogens with one attached hydrogen (secondary N) is 2. The second-order valence-corrected chi connectivity index (χ2v) is 5.39. The molecule has 5 heteroatoms. The molecule has 118 valence electrons. The Bertz CT molecular complexity index is 812. The monoisotopic (exact) mass is 309 g/mol. The lowest BCUT2D eigenvalue weighted by molar-refractivity contribution is 0.0603. The molecule has 23 heavy (non-hydrogen) atoms. The lowest BCUT2D eigenvalue weighted by Crippen LogP contribution is -2.19. The second-order valence-electron chi connectivity index (χ2n) is 5.39. The molecule has 1 unspecified atom stereocenters. The topological polar surface area (TPSA) is 67.0 Å². The number of aromatic amines is 1. The number of hydrogen-bond acceptors (Lipinski definition) is 4. The molecule has 0 aliphatic heterocycles. The van der Waals surface area contributed by atoms with Crippen LogP contribution in [0.4, 0.5) is 0 Å². The predicted octanol–water partition coefficient (Wildman–Crippen LogP) is 3.20. The fourth-order valence-electron chi connectivity index (χ4n) is 2.68. The first-order chi connectivity index (χ1) is 11.2. The van der Waals surface area contributed by atoms with Crippen molar-refractivity contribution in [1.29, 1.82) is 0 Å². The van der Waals surface area contributed by atoms with Crippen molar-refractivity contribution in [2.75, 3.05) is 7.11 Å². The minimum atomic E-state index is -0.315. The van der Waals surface area contributed by atoms with Crippen LogP contribution in [-0.4, -0.2) is 23.0 Å². The average Bonchev–Trinajstić information content (AvgIpc) is 3.13. The van der Waals surface area contributed by atoms with Crippen LogP contribution in [0.25, 0.3) is 10.8 Å². The van der Waals surface area contributed by atoms with Gasteiger partial charge in [-0.2, -0.15) is 0 Å². The van der Waals surface area contributed by atoms with Gasteiger partial charge in [-0.25, -0.2) is 9.78 Å². The Hall–Kier alpha value is -2.66. The number of nitrogens with zero attached hydrogens (tertiary/aromatic N) is 1. The van der Waals surface area contributed by atoms with Crippen molar-refractivity contribution >= 4 is 16.7 Å². The molecule has 1 atom stereocenters. The highest BCUT2D eigenvalue weighted by molar-refractivity contribution is 6.05. The Balaban J connectivity index is 1.88.